The highest BCUT2D eigenvalue weighted by Crippen LogP contribution is 2.15. The molecule has 1 aliphatic rings. The molecule has 20 heavy (non-hydrogen) atoms. The molecule has 0 aromatic heterocycles. The van der Waals surface area contributed by atoms with Crippen LogP contribution in [0.4, 0.5) is 0 Å². The number of hydrogen-bond donors (Lipinski definition) is 1. The molecule has 1 saturated heterocycles. The van der Waals surface area contributed by atoms with Crippen LogP contribution in [0.5, 0.6) is 0 Å². The van der Waals surface area contributed by atoms with E-state index in [0.717, 1.165) is 11.1 Å². The number of amides is 1. The largest absolute Gasteiger partial charge is 0.336 e. The van der Waals surface area contributed by atoms with Crippen LogP contribution in [0.1, 0.15) is 21.5 Å². The van der Waals surface area contributed by atoms with Crippen molar-refractivity contribution in [2.75, 3.05) is 26.2 Å². The molecule has 0 atom stereocenters. The zero-order valence-corrected chi connectivity index (χ0v) is 12.5. The van der Waals surface area contributed by atoms with E-state index in [9.17, 15) is 13.2 Å². The van der Waals surface area contributed by atoms with Gasteiger partial charge in [-0.15, -0.1) is 0 Å². The van der Waals surface area contributed by atoms with Gasteiger partial charge in [-0.2, -0.15) is 12.7 Å². The first kappa shape index (κ1) is 15.0. The summed E-state index contributed by atoms with van der Waals surface area (Å²) in [5.74, 6) is -0.0553. The summed E-state index contributed by atoms with van der Waals surface area (Å²) in [5, 5.41) is 5.08. The maximum atomic E-state index is 12.5. The zero-order valence-electron chi connectivity index (χ0n) is 11.7. The molecule has 6 nitrogen and oxygen atoms in total. The molecule has 1 aliphatic heterocycles. The molecule has 0 bridgehead atoms. The molecule has 0 unspecified atom stereocenters. The van der Waals surface area contributed by atoms with Crippen LogP contribution in [0.2, 0.25) is 0 Å². The minimum absolute atomic E-state index is 0.0553. The van der Waals surface area contributed by atoms with Gasteiger partial charge in [-0.1, -0.05) is 17.7 Å². The van der Waals surface area contributed by atoms with Crippen LogP contribution in [-0.2, 0) is 10.2 Å². The van der Waals surface area contributed by atoms with Crippen molar-refractivity contribution < 1.29 is 13.2 Å². The van der Waals surface area contributed by atoms with Gasteiger partial charge in [0.2, 0.25) is 0 Å². The molecule has 0 aliphatic carbocycles. The maximum absolute atomic E-state index is 12.5. The fourth-order valence-electron chi connectivity index (χ4n) is 2.28. The van der Waals surface area contributed by atoms with Gasteiger partial charge >= 0.3 is 0 Å². The number of rotatable bonds is 2. The lowest BCUT2D eigenvalue weighted by molar-refractivity contribution is 0.0697. The molecule has 0 radical (unpaired) electrons. The summed E-state index contributed by atoms with van der Waals surface area (Å²) in [5.41, 5.74) is 2.63. The van der Waals surface area contributed by atoms with Gasteiger partial charge < -0.3 is 4.90 Å². The molecule has 0 saturated carbocycles. The summed E-state index contributed by atoms with van der Waals surface area (Å²) < 4.78 is 23.7. The fourth-order valence-corrected chi connectivity index (χ4v) is 2.95. The number of aryl methyl sites for hydroxylation is 2. The summed E-state index contributed by atoms with van der Waals surface area (Å²) in [6, 6.07) is 5.75. The van der Waals surface area contributed by atoms with Crippen molar-refractivity contribution in [2.45, 2.75) is 13.8 Å². The smallest absolute Gasteiger partial charge is 0.277 e. The van der Waals surface area contributed by atoms with Gasteiger partial charge in [0.05, 0.1) is 0 Å². The third kappa shape index (κ3) is 3.17. The lowest BCUT2D eigenvalue weighted by Crippen LogP contribution is -2.52. The Morgan fingerprint density at radius 3 is 2.30 bits per heavy atom. The summed E-state index contributed by atoms with van der Waals surface area (Å²) >= 11 is 0. The van der Waals surface area contributed by atoms with E-state index >= 15 is 0 Å². The number of hydrogen-bond acceptors (Lipinski definition) is 3. The Bertz CT molecular complexity index is 620. The van der Waals surface area contributed by atoms with Crippen LogP contribution in [0.3, 0.4) is 0 Å². The van der Waals surface area contributed by atoms with Crippen LogP contribution in [-0.4, -0.2) is 49.7 Å². The van der Waals surface area contributed by atoms with E-state index in [1.54, 1.807) is 4.90 Å². The summed E-state index contributed by atoms with van der Waals surface area (Å²) in [6.45, 7) is 5.05. The van der Waals surface area contributed by atoms with Crippen LogP contribution >= 0.6 is 0 Å². The molecule has 7 heteroatoms. The number of carbonyl (C=O) groups excluding carboxylic acids is 1. The first-order chi connectivity index (χ1) is 9.29. The van der Waals surface area contributed by atoms with Gasteiger partial charge in [-0.05, 0) is 25.5 Å². The normalized spacial score (nSPS) is 17.2. The van der Waals surface area contributed by atoms with Crippen molar-refractivity contribution in [2.24, 2.45) is 5.14 Å². The Morgan fingerprint density at radius 2 is 1.75 bits per heavy atom. The van der Waals surface area contributed by atoms with Crippen LogP contribution in [0.15, 0.2) is 18.2 Å². The van der Waals surface area contributed by atoms with Crippen molar-refractivity contribution in [3.63, 3.8) is 0 Å². The van der Waals surface area contributed by atoms with Crippen LogP contribution in [0.25, 0.3) is 0 Å². The number of nitrogens with two attached hydrogens (primary N) is 1. The third-order valence-electron chi connectivity index (χ3n) is 3.51. The average molecular weight is 297 g/mol. The van der Waals surface area contributed by atoms with Crippen molar-refractivity contribution in [1.29, 1.82) is 0 Å². The molecule has 1 aromatic rings. The Kier molecular flexibility index (Phi) is 4.12. The minimum Gasteiger partial charge on any atom is -0.336 e. The number of nitrogens with zero attached hydrogens (tertiary/aromatic N) is 2. The topological polar surface area (TPSA) is 83.7 Å². The zero-order chi connectivity index (χ0) is 14.9. The molecule has 1 heterocycles. The summed E-state index contributed by atoms with van der Waals surface area (Å²) in [6.07, 6.45) is 0. The highest BCUT2D eigenvalue weighted by Gasteiger charge is 2.27. The third-order valence-corrected chi connectivity index (χ3v) is 4.59. The average Bonchev–Trinajstić information content (AvgIpc) is 2.40. The molecule has 1 fully saturated rings. The second kappa shape index (κ2) is 5.51. The molecule has 0 spiro atoms. The van der Waals surface area contributed by atoms with Crippen LogP contribution < -0.4 is 5.14 Å². The Hall–Kier alpha value is -1.44. The SMILES string of the molecule is Cc1ccc(C)c(C(=O)N2CCN(S(N)(=O)=O)CC2)c1. The minimum atomic E-state index is -3.66. The number of piperazine rings is 1. The molecule has 110 valence electrons. The molecular formula is C13H19N3O3S. The standard InChI is InChI=1S/C13H19N3O3S/c1-10-3-4-11(2)12(9-10)13(17)15-5-7-16(8-6-15)20(14,18)19/h3-4,9H,5-8H2,1-2H3,(H2,14,18,19). The van der Waals surface area contributed by atoms with Gasteiger partial charge in [-0.3, -0.25) is 4.79 Å². The van der Waals surface area contributed by atoms with E-state index in [-0.39, 0.29) is 19.0 Å². The molecule has 1 amide bonds. The first-order valence-electron chi connectivity index (χ1n) is 6.43. The van der Waals surface area contributed by atoms with E-state index in [2.05, 4.69) is 0 Å². The van der Waals surface area contributed by atoms with Gasteiger partial charge in [0.25, 0.3) is 16.1 Å². The highest BCUT2D eigenvalue weighted by molar-refractivity contribution is 7.86. The molecule has 1 aromatic carbocycles. The molecule has 2 N–H and O–H groups in total. The second-order valence-electron chi connectivity index (χ2n) is 5.05. The quantitative estimate of drug-likeness (QED) is 0.850. The van der Waals surface area contributed by atoms with E-state index in [0.29, 0.717) is 18.7 Å². The molecule has 2 rings (SSSR count). The van der Waals surface area contributed by atoms with E-state index in [1.807, 2.05) is 32.0 Å². The van der Waals surface area contributed by atoms with E-state index < -0.39 is 10.2 Å². The number of carbonyl (C=O) groups is 1. The fraction of sp³-hybridized carbons (Fsp3) is 0.462. The number of benzene rings is 1. The van der Waals surface area contributed by atoms with Crippen molar-refractivity contribution in [3.8, 4) is 0 Å². The summed E-state index contributed by atoms with van der Waals surface area (Å²) in [7, 11) is -3.66. The lowest BCUT2D eigenvalue weighted by Gasteiger charge is -2.33. The first-order valence-corrected chi connectivity index (χ1v) is 7.94. The van der Waals surface area contributed by atoms with E-state index in [1.165, 1.54) is 4.31 Å². The Morgan fingerprint density at radius 1 is 1.15 bits per heavy atom. The van der Waals surface area contributed by atoms with Gasteiger partial charge in [0, 0.05) is 31.7 Å². The van der Waals surface area contributed by atoms with Gasteiger partial charge in [0.15, 0.2) is 0 Å². The lowest BCUT2D eigenvalue weighted by atomic mass is 10.0. The Balaban J connectivity index is 2.11. The highest BCUT2D eigenvalue weighted by atomic mass is 32.2. The van der Waals surface area contributed by atoms with Gasteiger partial charge in [-0.25, -0.2) is 5.14 Å². The predicted octanol–water partition coefficient (Wildman–Crippen LogP) is 0.265. The maximum Gasteiger partial charge on any atom is 0.277 e. The monoisotopic (exact) mass is 297 g/mol. The van der Waals surface area contributed by atoms with Crippen molar-refractivity contribution in [1.82, 2.24) is 9.21 Å². The summed E-state index contributed by atoms with van der Waals surface area (Å²) in [4.78, 5) is 14.1. The van der Waals surface area contributed by atoms with E-state index in [4.69, 9.17) is 5.14 Å². The van der Waals surface area contributed by atoms with Gasteiger partial charge in [0.1, 0.15) is 0 Å². The molecular weight excluding hydrogens is 278 g/mol. The van der Waals surface area contributed by atoms with Crippen LogP contribution in [0, 0.1) is 13.8 Å². The predicted molar refractivity (Wildman–Crippen MR) is 76.5 cm³/mol. The second-order valence-corrected chi connectivity index (χ2v) is 6.60. The van der Waals surface area contributed by atoms with Crippen molar-refractivity contribution in [3.05, 3.63) is 34.9 Å². The van der Waals surface area contributed by atoms with Crippen molar-refractivity contribution >= 4 is 16.1 Å². The Labute approximate surface area is 119 Å².